The second kappa shape index (κ2) is 22.4. The first kappa shape index (κ1) is 17.9. The molecule has 0 aromatic rings. The molecule has 78 valence electrons. The Kier molecular flexibility index (Phi) is 30.9. The molecule has 0 unspecified atom stereocenters. The molecular formula is C6H16N2O4Si. The molecule has 0 atom stereocenters. The van der Waals surface area contributed by atoms with Crippen molar-refractivity contribution < 1.29 is 18.8 Å². The Hall–Kier alpha value is -1.05. The van der Waals surface area contributed by atoms with Crippen LogP contribution in [0.3, 0.4) is 0 Å². The van der Waals surface area contributed by atoms with Gasteiger partial charge in [0.25, 0.3) is 0 Å². The fourth-order valence-corrected chi connectivity index (χ4v) is 0.0786. The van der Waals surface area contributed by atoms with Crippen LogP contribution in [0, 0.1) is 0 Å². The second-order valence-corrected chi connectivity index (χ2v) is 2.09. The van der Waals surface area contributed by atoms with E-state index in [2.05, 4.69) is 0 Å². The van der Waals surface area contributed by atoms with Gasteiger partial charge in [-0.1, -0.05) is 6.08 Å². The first-order valence-corrected chi connectivity index (χ1v) is 4.75. The lowest BCUT2D eigenvalue weighted by Crippen LogP contribution is -2.11. The number of carbonyl (C=O) groups excluding carboxylic acids is 1. The Bertz CT molecular complexity index is 135. The van der Waals surface area contributed by atoms with E-state index in [1.54, 1.807) is 13.0 Å². The van der Waals surface area contributed by atoms with Crippen LogP contribution in [0.2, 0.25) is 0 Å². The van der Waals surface area contributed by atoms with Crippen LogP contribution in [0.5, 0.6) is 0 Å². The van der Waals surface area contributed by atoms with Crippen LogP contribution in [0.1, 0.15) is 6.92 Å². The van der Waals surface area contributed by atoms with E-state index < -0.39 is 9.17 Å². The zero-order chi connectivity index (χ0) is 11.1. The molecule has 0 saturated heterocycles. The van der Waals surface area contributed by atoms with Crippen molar-refractivity contribution in [2.75, 3.05) is 13.1 Å². The molecule has 0 aliphatic rings. The van der Waals surface area contributed by atoms with Crippen molar-refractivity contribution >= 4 is 15.5 Å². The Balaban J connectivity index is -0.000000117. The molecule has 0 aromatic carbocycles. The molecule has 0 fully saturated rings. The zero-order valence-electron chi connectivity index (χ0n) is 7.51. The highest BCUT2D eigenvalue weighted by Gasteiger charge is 1.85. The maximum atomic E-state index is 9.32. The SMILES string of the molecule is C/C=C/C=O.NCCN.O=[Si](O)O. The van der Waals surface area contributed by atoms with E-state index in [0.717, 1.165) is 6.29 Å². The van der Waals surface area contributed by atoms with Gasteiger partial charge in [0.15, 0.2) is 0 Å². The molecule has 13 heavy (non-hydrogen) atoms. The van der Waals surface area contributed by atoms with E-state index in [4.69, 9.17) is 25.5 Å². The summed E-state index contributed by atoms with van der Waals surface area (Å²) in [6.45, 7) is 2.99. The molecule has 6 nitrogen and oxygen atoms in total. The number of carbonyl (C=O) groups is 1. The largest absolute Gasteiger partial charge is 0.761 e. The molecule has 0 aliphatic carbocycles. The summed E-state index contributed by atoms with van der Waals surface area (Å²) < 4.78 is 8.74. The standard InChI is InChI=1S/C4H6O.C2H8N2.H2O3Si/c1-2-3-4-5;3-1-2-4;1-4(2)3/h2-4H,1H3;1-4H2;1-2H/b3-2+;;. The lowest BCUT2D eigenvalue weighted by Gasteiger charge is -1.72. The number of aldehydes is 1. The monoisotopic (exact) mass is 208 g/mol. The smallest absolute Gasteiger partial charge is 0.511 e. The lowest BCUT2D eigenvalue weighted by atomic mass is 10.6. The molecule has 0 heterocycles. The minimum atomic E-state index is -3.13. The Morgan fingerprint density at radius 1 is 1.31 bits per heavy atom. The van der Waals surface area contributed by atoms with Gasteiger partial charge in [0.05, 0.1) is 0 Å². The predicted molar refractivity (Wildman–Crippen MR) is 49.9 cm³/mol. The highest BCUT2D eigenvalue weighted by Crippen LogP contribution is 1.55. The van der Waals surface area contributed by atoms with Crippen molar-refractivity contribution in [3.63, 3.8) is 0 Å². The van der Waals surface area contributed by atoms with Gasteiger partial charge < -0.3 is 21.1 Å². The van der Waals surface area contributed by atoms with Gasteiger partial charge >= 0.3 is 9.17 Å². The van der Waals surface area contributed by atoms with Crippen LogP contribution in [0.15, 0.2) is 12.2 Å². The average molecular weight is 208 g/mol. The summed E-state index contributed by atoms with van der Waals surface area (Å²) in [4.78, 5) is 23.6. The van der Waals surface area contributed by atoms with Gasteiger partial charge in [-0.05, 0) is 13.0 Å². The van der Waals surface area contributed by atoms with Gasteiger partial charge in [0, 0.05) is 13.1 Å². The fourth-order valence-electron chi connectivity index (χ4n) is 0.0786. The Morgan fingerprint density at radius 2 is 1.62 bits per heavy atom. The number of nitrogens with two attached hydrogens (primary N) is 2. The summed E-state index contributed by atoms with van der Waals surface area (Å²) >= 11 is 0. The molecule has 0 saturated carbocycles. The van der Waals surface area contributed by atoms with Gasteiger partial charge in [-0.3, -0.25) is 9.26 Å². The highest BCUT2D eigenvalue weighted by atomic mass is 28.3. The van der Waals surface area contributed by atoms with E-state index in [9.17, 15) is 4.79 Å². The molecular weight excluding hydrogens is 192 g/mol. The number of allylic oxidation sites excluding steroid dienone is 2. The molecule has 0 spiro atoms. The van der Waals surface area contributed by atoms with Crippen LogP contribution < -0.4 is 11.5 Å². The average Bonchev–Trinajstić information content (AvgIpc) is 2.05. The summed E-state index contributed by atoms with van der Waals surface area (Å²) in [6.07, 6.45) is 3.88. The maximum Gasteiger partial charge on any atom is 0.761 e. The summed E-state index contributed by atoms with van der Waals surface area (Å²) in [7, 11) is -3.13. The van der Waals surface area contributed by atoms with E-state index in [0.29, 0.717) is 13.1 Å². The summed E-state index contributed by atoms with van der Waals surface area (Å²) in [5, 5.41) is 0. The van der Waals surface area contributed by atoms with Crippen LogP contribution in [-0.2, 0) is 9.26 Å². The van der Waals surface area contributed by atoms with Crippen molar-refractivity contribution in [2.24, 2.45) is 11.5 Å². The predicted octanol–water partition coefficient (Wildman–Crippen LogP) is -1.95. The molecule has 6 N–H and O–H groups in total. The number of hydrogen-bond acceptors (Lipinski definition) is 4. The molecule has 0 aliphatic heterocycles. The first-order valence-electron chi connectivity index (χ1n) is 3.45. The molecule has 7 heteroatoms. The molecule has 0 bridgehead atoms. The van der Waals surface area contributed by atoms with Crippen molar-refractivity contribution in [3.8, 4) is 0 Å². The summed E-state index contributed by atoms with van der Waals surface area (Å²) in [6, 6.07) is 0. The molecule has 0 amide bonds. The minimum Gasteiger partial charge on any atom is -0.511 e. The van der Waals surface area contributed by atoms with Gasteiger partial charge in [0.1, 0.15) is 6.29 Å². The molecule has 0 radical (unpaired) electrons. The van der Waals surface area contributed by atoms with Crippen molar-refractivity contribution in [3.05, 3.63) is 12.2 Å². The van der Waals surface area contributed by atoms with Crippen LogP contribution >= 0.6 is 0 Å². The summed E-state index contributed by atoms with van der Waals surface area (Å²) in [5.41, 5.74) is 9.81. The van der Waals surface area contributed by atoms with E-state index in [1.165, 1.54) is 6.08 Å². The van der Waals surface area contributed by atoms with Crippen molar-refractivity contribution in [1.29, 1.82) is 0 Å². The van der Waals surface area contributed by atoms with Crippen LogP contribution in [0.25, 0.3) is 0 Å². The van der Waals surface area contributed by atoms with Crippen LogP contribution in [0.4, 0.5) is 0 Å². The van der Waals surface area contributed by atoms with E-state index in [1.807, 2.05) is 0 Å². The maximum absolute atomic E-state index is 9.32. The number of rotatable bonds is 2. The van der Waals surface area contributed by atoms with Gasteiger partial charge in [-0.25, -0.2) is 0 Å². The van der Waals surface area contributed by atoms with Gasteiger partial charge in [0.2, 0.25) is 0 Å². The van der Waals surface area contributed by atoms with Crippen molar-refractivity contribution in [2.45, 2.75) is 6.92 Å². The minimum absolute atomic E-state index is 0.597. The van der Waals surface area contributed by atoms with Gasteiger partial charge in [-0.2, -0.15) is 0 Å². The Labute approximate surface area is 78.8 Å². The lowest BCUT2D eigenvalue weighted by molar-refractivity contribution is -0.104. The van der Waals surface area contributed by atoms with E-state index >= 15 is 0 Å². The zero-order valence-corrected chi connectivity index (χ0v) is 8.51. The topological polar surface area (TPSA) is 127 Å². The van der Waals surface area contributed by atoms with Gasteiger partial charge in [-0.15, -0.1) is 0 Å². The van der Waals surface area contributed by atoms with E-state index in [-0.39, 0.29) is 0 Å². The van der Waals surface area contributed by atoms with Crippen LogP contribution in [-0.4, -0.2) is 38.1 Å². The molecule has 0 rings (SSSR count). The third kappa shape index (κ3) is 231. The first-order chi connectivity index (χ1) is 6.06. The molecule has 0 aromatic heterocycles. The third-order valence-corrected chi connectivity index (χ3v) is 0.438. The highest BCUT2D eigenvalue weighted by molar-refractivity contribution is 6.22. The second-order valence-electron chi connectivity index (χ2n) is 1.52. The van der Waals surface area contributed by atoms with Crippen molar-refractivity contribution in [1.82, 2.24) is 0 Å². The summed E-state index contributed by atoms with van der Waals surface area (Å²) in [5.74, 6) is 0. The normalized spacial score (nSPS) is 7.62. The quantitative estimate of drug-likeness (QED) is 0.237. The Morgan fingerprint density at radius 3 is 1.62 bits per heavy atom. The third-order valence-electron chi connectivity index (χ3n) is 0.438. The number of hydrogen-bond donors (Lipinski definition) is 4. The fraction of sp³-hybridized carbons (Fsp3) is 0.500.